The highest BCUT2D eigenvalue weighted by Gasteiger charge is 2.45. The van der Waals surface area contributed by atoms with Crippen molar-refractivity contribution < 1.29 is 9.53 Å². The Hall–Kier alpha value is -0.720. The number of ether oxygens (including phenoxy) is 1. The third-order valence-electron chi connectivity index (χ3n) is 6.39. The van der Waals surface area contributed by atoms with Crippen molar-refractivity contribution in [3.63, 3.8) is 0 Å². The molecule has 0 amide bonds. The largest absolute Gasteiger partial charge is 0.466 e. The minimum atomic E-state index is -0.257. The molecule has 3 fully saturated rings. The highest BCUT2D eigenvalue weighted by atomic mass is 79.9. The van der Waals surface area contributed by atoms with Crippen LogP contribution in [0.1, 0.15) is 32.1 Å². The standard InChI is InChI=1S/C19H28BrN3O2/c1-25-19(24)17-7-15(20)8-21-18(17)23-11-13-9-22(10-14(13)12-23)16-5-3-2-4-6-16/h7-8,13-16,18H,2-6,9-12H2,1H3. The second kappa shape index (κ2) is 7.49. The van der Waals surface area contributed by atoms with Gasteiger partial charge in [0.2, 0.25) is 0 Å². The van der Waals surface area contributed by atoms with Gasteiger partial charge in [-0.2, -0.15) is 0 Å². The zero-order valence-electron chi connectivity index (χ0n) is 14.9. The van der Waals surface area contributed by atoms with Gasteiger partial charge in [-0.15, -0.1) is 0 Å². The highest BCUT2D eigenvalue weighted by Crippen LogP contribution is 2.37. The molecule has 0 spiro atoms. The summed E-state index contributed by atoms with van der Waals surface area (Å²) in [4.78, 5) is 22.0. The van der Waals surface area contributed by atoms with Crippen LogP contribution in [0.3, 0.4) is 0 Å². The van der Waals surface area contributed by atoms with E-state index >= 15 is 0 Å². The molecule has 0 aromatic heterocycles. The Morgan fingerprint density at radius 3 is 2.40 bits per heavy atom. The first kappa shape index (κ1) is 17.7. The van der Waals surface area contributed by atoms with E-state index < -0.39 is 0 Å². The molecule has 4 aliphatic rings. The number of hydrogen-bond donors (Lipinski definition) is 0. The maximum absolute atomic E-state index is 12.2. The summed E-state index contributed by atoms with van der Waals surface area (Å²) in [5, 5.41) is 0. The third kappa shape index (κ3) is 3.58. The van der Waals surface area contributed by atoms with Crippen LogP contribution in [0.5, 0.6) is 0 Å². The van der Waals surface area contributed by atoms with E-state index in [0.29, 0.717) is 5.57 Å². The summed E-state index contributed by atoms with van der Waals surface area (Å²) < 4.78 is 4.98. The van der Waals surface area contributed by atoms with Gasteiger partial charge in [-0.3, -0.25) is 14.8 Å². The summed E-state index contributed by atoms with van der Waals surface area (Å²) in [6.07, 6.45) is 10.7. The quantitative estimate of drug-likeness (QED) is 0.530. The minimum Gasteiger partial charge on any atom is -0.466 e. The van der Waals surface area contributed by atoms with Crippen molar-refractivity contribution in [2.75, 3.05) is 33.3 Å². The Labute approximate surface area is 158 Å². The Kier molecular flexibility index (Phi) is 5.30. The molecule has 6 heteroatoms. The fraction of sp³-hybridized carbons (Fsp3) is 0.789. The number of methoxy groups -OCH3 is 1. The topological polar surface area (TPSA) is 45.1 Å². The normalized spacial score (nSPS) is 37.1. The van der Waals surface area contributed by atoms with Gasteiger partial charge in [0.05, 0.1) is 17.5 Å². The van der Waals surface area contributed by atoms with Gasteiger partial charge in [-0.1, -0.05) is 41.3 Å². The number of carbonyl (C=O) groups is 1. The van der Waals surface area contributed by atoms with Crippen molar-refractivity contribution in [2.45, 2.75) is 49.1 Å². The number of fused-ring (bicyclic) bond motifs is 1. The zero-order chi connectivity index (χ0) is 17.4. The lowest BCUT2D eigenvalue weighted by Crippen LogP contribution is -2.42. The predicted molar refractivity (Wildman–Crippen MR) is 102 cm³/mol. The van der Waals surface area contributed by atoms with E-state index in [1.54, 1.807) is 0 Å². The second-order valence-electron chi connectivity index (χ2n) is 7.95. The number of nitrogens with zero attached hydrogens (tertiary/aromatic N) is 3. The van der Waals surface area contributed by atoms with Gasteiger partial charge in [0.25, 0.3) is 0 Å². The van der Waals surface area contributed by atoms with E-state index in [0.717, 1.165) is 31.0 Å². The molecule has 0 bridgehead atoms. The van der Waals surface area contributed by atoms with Gasteiger partial charge in [0, 0.05) is 38.4 Å². The summed E-state index contributed by atoms with van der Waals surface area (Å²) in [7, 11) is 1.45. The van der Waals surface area contributed by atoms with Crippen molar-refractivity contribution in [2.24, 2.45) is 16.8 Å². The maximum atomic E-state index is 12.2. The second-order valence-corrected chi connectivity index (χ2v) is 9.01. The molecule has 3 aliphatic heterocycles. The van der Waals surface area contributed by atoms with Crippen LogP contribution in [0, 0.1) is 11.8 Å². The first-order valence-corrected chi connectivity index (χ1v) is 10.5. The zero-order valence-corrected chi connectivity index (χ0v) is 16.5. The predicted octanol–water partition coefficient (Wildman–Crippen LogP) is 2.46. The van der Waals surface area contributed by atoms with Crippen LogP contribution in [-0.4, -0.2) is 72.3 Å². The van der Waals surface area contributed by atoms with Gasteiger partial charge in [0.15, 0.2) is 0 Å². The van der Waals surface area contributed by atoms with E-state index in [2.05, 4.69) is 30.7 Å². The summed E-state index contributed by atoms with van der Waals surface area (Å²) >= 11 is 3.50. The van der Waals surface area contributed by atoms with Crippen LogP contribution in [0.4, 0.5) is 0 Å². The molecule has 25 heavy (non-hydrogen) atoms. The number of esters is 1. The molecular weight excluding hydrogens is 382 g/mol. The first-order valence-electron chi connectivity index (χ1n) is 9.61. The lowest BCUT2D eigenvalue weighted by atomic mass is 9.94. The molecule has 1 aliphatic carbocycles. The lowest BCUT2D eigenvalue weighted by molar-refractivity contribution is -0.136. The van der Waals surface area contributed by atoms with Gasteiger partial charge in [-0.25, -0.2) is 4.79 Å². The number of rotatable bonds is 3. The molecule has 0 aromatic rings. The maximum Gasteiger partial charge on any atom is 0.337 e. The SMILES string of the molecule is COC(=O)C1=CC(Br)C=NC1N1CC2CN(C3CCCCC3)CC2C1. The molecule has 4 unspecified atom stereocenters. The van der Waals surface area contributed by atoms with Gasteiger partial charge >= 0.3 is 5.97 Å². The van der Waals surface area contributed by atoms with E-state index in [1.165, 1.54) is 52.3 Å². The Morgan fingerprint density at radius 1 is 1.12 bits per heavy atom. The van der Waals surface area contributed by atoms with E-state index in [4.69, 9.17) is 4.74 Å². The average Bonchev–Trinajstić information content (AvgIpc) is 3.20. The Bertz CT molecular complexity index is 559. The number of aliphatic imine (C=N–C) groups is 1. The summed E-state index contributed by atoms with van der Waals surface area (Å²) in [5.74, 6) is 1.18. The molecule has 4 atom stereocenters. The fourth-order valence-corrected chi connectivity index (χ4v) is 5.56. The molecule has 138 valence electrons. The monoisotopic (exact) mass is 409 g/mol. The van der Waals surface area contributed by atoms with Crippen molar-refractivity contribution in [1.29, 1.82) is 0 Å². The molecule has 4 rings (SSSR count). The molecule has 1 saturated carbocycles. The van der Waals surface area contributed by atoms with Crippen LogP contribution in [0.25, 0.3) is 0 Å². The van der Waals surface area contributed by atoms with E-state index in [-0.39, 0.29) is 17.0 Å². The summed E-state index contributed by atoms with van der Waals surface area (Å²) in [5.41, 5.74) is 0.677. The van der Waals surface area contributed by atoms with Crippen LogP contribution in [-0.2, 0) is 9.53 Å². The van der Waals surface area contributed by atoms with Crippen molar-refractivity contribution in [3.8, 4) is 0 Å². The van der Waals surface area contributed by atoms with E-state index in [9.17, 15) is 4.79 Å². The van der Waals surface area contributed by atoms with Crippen molar-refractivity contribution in [1.82, 2.24) is 9.80 Å². The Balaban J connectivity index is 1.40. The van der Waals surface area contributed by atoms with Gasteiger partial charge < -0.3 is 4.74 Å². The molecule has 0 aromatic carbocycles. The molecule has 0 N–H and O–H groups in total. The van der Waals surface area contributed by atoms with E-state index in [1.807, 2.05) is 12.3 Å². The number of likely N-dealkylation sites (tertiary alicyclic amines) is 2. The molecular formula is C19H28BrN3O2. The highest BCUT2D eigenvalue weighted by molar-refractivity contribution is 9.10. The number of alkyl halides is 1. The van der Waals surface area contributed by atoms with Gasteiger partial charge in [-0.05, 0) is 24.7 Å². The molecule has 5 nitrogen and oxygen atoms in total. The summed E-state index contributed by atoms with van der Waals surface area (Å²) in [6, 6.07) is 0.820. The molecule has 0 radical (unpaired) electrons. The number of hydrogen-bond acceptors (Lipinski definition) is 5. The number of halogens is 1. The van der Waals surface area contributed by atoms with Crippen molar-refractivity contribution >= 4 is 28.1 Å². The molecule has 2 saturated heterocycles. The first-order chi connectivity index (χ1) is 12.2. The molecule has 3 heterocycles. The fourth-order valence-electron chi connectivity index (χ4n) is 5.14. The number of allylic oxidation sites excluding steroid dienone is 1. The Morgan fingerprint density at radius 2 is 1.76 bits per heavy atom. The summed E-state index contributed by atoms with van der Waals surface area (Å²) in [6.45, 7) is 4.52. The lowest BCUT2D eigenvalue weighted by Gasteiger charge is -2.33. The van der Waals surface area contributed by atoms with Gasteiger partial charge in [0.1, 0.15) is 6.17 Å². The van der Waals surface area contributed by atoms with Crippen molar-refractivity contribution in [3.05, 3.63) is 11.6 Å². The average molecular weight is 410 g/mol. The van der Waals surface area contributed by atoms with Crippen LogP contribution >= 0.6 is 15.9 Å². The minimum absolute atomic E-state index is 0.0155. The van der Waals surface area contributed by atoms with Crippen LogP contribution in [0.2, 0.25) is 0 Å². The number of dihydropyridines is 1. The smallest absolute Gasteiger partial charge is 0.337 e. The van der Waals surface area contributed by atoms with Crippen LogP contribution < -0.4 is 0 Å². The third-order valence-corrected chi connectivity index (χ3v) is 6.89. The number of carbonyl (C=O) groups excluding carboxylic acids is 1. The van der Waals surface area contributed by atoms with Crippen LogP contribution in [0.15, 0.2) is 16.6 Å².